The number of hydrogen-bond acceptors (Lipinski definition) is 3. The quantitative estimate of drug-likeness (QED) is 0.894. The molecular formula is C16H15F3N4O2. The van der Waals surface area contributed by atoms with Crippen LogP contribution in [0.3, 0.4) is 0 Å². The van der Waals surface area contributed by atoms with Crippen LogP contribution in [0.4, 0.5) is 19.0 Å². The van der Waals surface area contributed by atoms with Gasteiger partial charge in [0.15, 0.2) is 0 Å². The highest BCUT2D eigenvalue weighted by molar-refractivity contribution is 6.01. The van der Waals surface area contributed by atoms with E-state index in [1.807, 2.05) is 0 Å². The van der Waals surface area contributed by atoms with Crippen molar-refractivity contribution in [2.45, 2.75) is 19.1 Å². The smallest absolute Gasteiger partial charge is 0.329 e. The standard InChI is InChI=1S/C16H15F3N4O2/c1-22-13-11(14(24)23(2)15(22)25)7-12(21-13)20-8-9-4-3-5-10(6-9)16(17,18)19/h3-6H,7-8H2,1-2H3,(H,20,21). The summed E-state index contributed by atoms with van der Waals surface area (Å²) in [5, 5.41) is 2.90. The number of nitrogens with one attached hydrogen (secondary N) is 1. The molecule has 0 atom stereocenters. The van der Waals surface area contributed by atoms with E-state index in [1.54, 1.807) is 6.07 Å². The summed E-state index contributed by atoms with van der Waals surface area (Å²) in [7, 11) is 2.92. The molecule has 0 unspecified atom stereocenters. The summed E-state index contributed by atoms with van der Waals surface area (Å²) in [5.74, 6) is 0.807. The lowest BCUT2D eigenvalue weighted by atomic mass is 10.1. The molecule has 2 heterocycles. The maximum atomic E-state index is 12.7. The molecule has 0 saturated carbocycles. The van der Waals surface area contributed by atoms with Gasteiger partial charge in [-0.1, -0.05) is 12.1 Å². The van der Waals surface area contributed by atoms with Crippen molar-refractivity contribution in [3.8, 4) is 0 Å². The number of halogens is 3. The normalized spacial score (nSPS) is 15.3. The molecule has 1 aliphatic heterocycles. The maximum absolute atomic E-state index is 12.7. The van der Waals surface area contributed by atoms with Crippen LogP contribution < -0.4 is 16.6 Å². The molecule has 0 fully saturated rings. The fraction of sp³-hybridized carbons (Fsp3) is 0.312. The Hall–Kier alpha value is -2.84. The van der Waals surface area contributed by atoms with E-state index in [-0.39, 0.29) is 13.0 Å². The van der Waals surface area contributed by atoms with Gasteiger partial charge in [0.25, 0.3) is 5.56 Å². The molecule has 0 bridgehead atoms. The largest absolute Gasteiger partial charge is 0.416 e. The number of rotatable bonds is 2. The Morgan fingerprint density at radius 3 is 2.60 bits per heavy atom. The molecule has 0 spiro atoms. The first-order chi connectivity index (χ1) is 11.7. The Morgan fingerprint density at radius 2 is 1.92 bits per heavy atom. The van der Waals surface area contributed by atoms with E-state index in [4.69, 9.17) is 0 Å². The highest BCUT2D eigenvalue weighted by Crippen LogP contribution is 2.29. The molecule has 0 saturated heterocycles. The average Bonchev–Trinajstić information content (AvgIpc) is 3.00. The zero-order chi connectivity index (χ0) is 18.4. The van der Waals surface area contributed by atoms with Gasteiger partial charge in [0.05, 0.1) is 17.7 Å². The molecule has 9 heteroatoms. The molecule has 6 nitrogen and oxygen atoms in total. The van der Waals surface area contributed by atoms with Gasteiger partial charge in [-0.25, -0.2) is 4.79 Å². The van der Waals surface area contributed by atoms with Gasteiger partial charge in [-0.3, -0.25) is 18.9 Å². The van der Waals surface area contributed by atoms with Crippen molar-refractivity contribution in [2.24, 2.45) is 19.1 Å². The van der Waals surface area contributed by atoms with Crippen LogP contribution in [0.1, 0.15) is 16.7 Å². The van der Waals surface area contributed by atoms with Crippen molar-refractivity contribution in [3.63, 3.8) is 0 Å². The van der Waals surface area contributed by atoms with E-state index in [0.717, 1.165) is 16.7 Å². The third-order valence-electron chi connectivity index (χ3n) is 4.07. The van der Waals surface area contributed by atoms with E-state index >= 15 is 0 Å². The van der Waals surface area contributed by atoms with Crippen molar-refractivity contribution in [2.75, 3.05) is 5.32 Å². The maximum Gasteiger partial charge on any atom is 0.416 e. The second kappa shape index (κ2) is 5.91. The molecule has 1 N–H and O–H groups in total. The summed E-state index contributed by atoms with van der Waals surface area (Å²) in [6.45, 7) is 0.0362. The number of amidine groups is 1. The van der Waals surface area contributed by atoms with Crippen LogP contribution in [0.15, 0.2) is 38.8 Å². The number of fused-ring (bicyclic) bond motifs is 1. The minimum atomic E-state index is -4.41. The van der Waals surface area contributed by atoms with Gasteiger partial charge in [0, 0.05) is 20.5 Å². The number of nitrogens with zero attached hydrogens (tertiary/aromatic N) is 3. The Kier molecular flexibility index (Phi) is 4.02. The molecule has 1 aromatic carbocycles. The van der Waals surface area contributed by atoms with E-state index in [1.165, 1.54) is 24.7 Å². The lowest BCUT2D eigenvalue weighted by Gasteiger charge is -2.08. The van der Waals surface area contributed by atoms with E-state index in [9.17, 15) is 22.8 Å². The summed E-state index contributed by atoms with van der Waals surface area (Å²) in [5.41, 5.74) is -0.788. The molecule has 0 aliphatic carbocycles. The first-order valence-corrected chi connectivity index (χ1v) is 7.44. The average molecular weight is 352 g/mol. The predicted octanol–water partition coefficient (Wildman–Crippen LogP) is 1.67. The summed E-state index contributed by atoms with van der Waals surface area (Å²) >= 11 is 0. The van der Waals surface area contributed by atoms with Gasteiger partial charge in [-0.2, -0.15) is 13.2 Å². The van der Waals surface area contributed by atoms with Gasteiger partial charge >= 0.3 is 11.9 Å². The lowest BCUT2D eigenvalue weighted by molar-refractivity contribution is -0.137. The van der Waals surface area contributed by atoms with Crippen LogP contribution >= 0.6 is 0 Å². The number of anilines is 1. The van der Waals surface area contributed by atoms with Crippen LogP contribution in [-0.2, 0) is 33.2 Å². The van der Waals surface area contributed by atoms with Crippen molar-refractivity contribution in [3.05, 3.63) is 61.8 Å². The van der Waals surface area contributed by atoms with Crippen LogP contribution in [0, 0.1) is 0 Å². The third-order valence-corrected chi connectivity index (χ3v) is 4.07. The summed E-state index contributed by atoms with van der Waals surface area (Å²) in [4.78, 5) is 28.3. The zero-order valence-corrected chi connectivity index (χ0v) is 13.5. The van der Waals surface area contributed by atoms with Crippen LogP contribution in [0.25, 0.3) is 0 Å². The fourth-order valence-corrected chi connectivity index (χ4v) is 2.71. The second-order valence-electron chi connectivity index (χ2n) is 5.80. The highest BCUT2D eigenvalue weighted by atomic mass is 19.4. The highest BCUT2D eigenvalue weighted by Gasteiger charge is 2.30. The molecule has 25 heavy (non-hydrogen) atoms. The van der Waals surface area contributed by atoms with Gasteiger partial charge in [0.1, 0.15) is 11.7 Å². The zero-order valence-electron chi connectivity index (χ0n) is 13.5. The molecule has 1 aliphatic rings. The van der Waals surface area contributed by atoms with Gasteiger partial charge in [-0.05, 0) is 17.7 Å². The molecule has 1 aromatic heterocycles. The summed E-state index contributed by atoms with van der Waals surface area (Å²) in [6, 6.07) is 4.92. The second-order valence-corrected chi connectivity index (χ2v) is 5.80. The topological polar surface area (TPSA) is 68.4 Å². The van der Waals surface area contributed by atoms with Crippen LogP contribution in [0.5, 0.6) is 0 Å². The molecule has 2 aromatic rings. The van der Waals surface area contributed by atoms with Gasteiger partial charge < -0.3 is 5.32 Å². The number of aromatic nitrogens is 2. The first-order valence-electron chi connectivity index (χ1n) is 7.44. The van der Waals surface area contributed by atoms with Crippen LogP contribution in [-0.4, -0.2) is 15.0 Å². The first kappa shape index (κ1) is 17.0. The summed E-state index contributed by atoms with van der Waals surface area (Å²) < 4.78 is 40.5. The molecule has 3 rings (SSSR count). The van der Waals surface area contributed by atoms with E-state index in [2.05, 4.69) is 10.3 Å². The van der Waals surface area contributed by atoms with Crippen molar-refractivity contribution >= 4 is 11.7 Å². The van der Waals surface area contributed by atoms with Gasteiger partial charge in [0.2, 0.25) is 0 Å². The van der Waals surface area contributed by atoms with E-state index < -0.39 is 23.0 Å². The predicted molar refractivity (Wildman–Crippen MR) is 86.8 cm³/mol. The lowest BCUT2D eigenvalue weighted by Crippen LogP contribution is -2.38. The number of alkyl halides is 3. The van der Waals surface area contributed by atoms with Crippen molar-refractivity contribution in [1.82, 2.24) is 9.13 Å². The van der Waals surface area contributed by atoms with Crippen molar-refractivity contribution < 1.29 is 13.2 Å². The fourth-order valence-electron chi connectivity index (χ4n) is 2.71. The molecular weight excluding hydrogens is 337 g/mol. The van der Waals surface area contributed by atoms with Gasteiger partial charge in [-0.15, -0.1) is 0 Å². The molecule has 132 valence electrons. The van der Waals surface area contributed by atoms with Crippen molar-refractivity contribution in [1.29, 1.82) is 0 Å². The number of benzene rings is 1. The molecule has 0 amide bonds. The Labute approximate surface area is 140 Å². The molecule has 0 radical (unpaired) electrons. The monoisotopic (exact) mass is 352 g/mol. The summed E-state index contributed by atoms with van der Waals surface area (Å²) in [6.07, 6.45) is -4.20. The number of hydrogen-bond donors (Lipinski definition) is 1. The Morgan fingerprint density at radius 1 is 1.20 bits per heavy atom. The third kappa shape index (κ3) is 3.09. The Bertz CT molecular complexity index is 986. The minimum absolute atomic E-state index is 0.0362. The van der Waals surface area contributed by atoms with E-state index in [0.29, 0.717) is 22.8 Å². The minimum Gasteiger partial charge on any atom is -0.329 e. The SMILES string of the molecule is Cn1c2c(c(=O)n(C)c1=O)CC(=NCc1cccc(C(F)(F)F)c1)N2. The van der Waals surface area contributed by atoms with Crippen LogP contribution in [0.2, 0.25) is 0 Å². The Balaban J connectivity index is 1.86. The number of aliphatic imine (C=N–C) groups is 1.